The van der Waals surface area contributed by atoms with Gasteiger partial charge in [-0.05, 0) is 43.5 Å². The molecule has 1 aromatic rings. The van der Waals surface area contributed by atoms with E-state index in [1.54, 1.807) is 19.2 Å². The summed E-state index contributed by atoms with van der Waals surface area (Å²) in [6.45, 7) is 5.19. The Morgan fingerprint density at radius 2 is 2.20 bits per heavy atom. The molecule has 0 aliphatic carbocycles. The Bertz CT molecular complexity index is 436. The van der Waals surface area contributed by atoms with Gasteiger partial charge in [0, 0.05) is 19.0 Å². The number of hydrogen-bond acceptors (Lipinski definition) is 4. The van der Waals surface area contributed by atoms with Crippen molar-refractivity contribution in [3.05, 3.63) is 23.8 Å². The molecule has 0 bridgehead atoms. The molecule has 0 spiro atoms. The Kier molecular flexibility index (Phi) is 5.26. The van der Waals surface area contributed by atoms with Crippen LogP contribution >= 0.6 is 0 Å². The van der Waals surface area contributed by atoms with E-state index < -0.39 is 0 Å². The van der Waals surface area contributed by atoms with E-state index in [0.717, 1.165) is 44.5 Å². The maximum Gasteiger partial charge on any atom is 0.160 e. The normalized spacial score (nSPS) is 23.8. The standard InChI is InChI=1S/C16H25NO3/c1-3-7-17-8-6-14(18)13(11-17)9-12-4-5-16(20-2)15(19)10-12/h4-5,10,13-14,18-19H,3,6-9,11H2,1-2H3. The third-order valence-electron chi connectivity index (χ3n) is 4.06. The molecule has 112 valence electrons. The minimum Gasteiger partial charge on any atom is -0.504 e. The molecule has 1 heterocycles. The second-order valence-corrected chi connectivity index (χ2v) is 5.63. The lowest BCUT2D eigenvalue weighted by molar-refractivity contribution is 0.0270. The molecule has 2 rings (SSSR count). The summed E-state index contributed by atoms with van der Waals surface area (Å²) in [6, 6.07) is 5.48. The van der Waals surface area contributed by atoms with E-state index in [0.29, 0.717) is 5.75 Å². The highest BCUT2D eigenvalue weighted by Crippen LogP contribution is 2.29. The first-order chi connectivity index (χ1) is 9.63. The van der Waals surface area contributed by atoms with Crippen LogP contribution in [0.1, 0.15) is 25.3 Å². The number of benzene rings is 1. The molecule has 1 aliphatic heterocycles. The van der Waals surface area contributed by atoms with Crippen molar-refractivity contribution < 1.29 is 14.9 Å². The zero-order valence-corrected chi connectivity index (χ0v) is 12.4. The Labute approximate surface area is 121 Å². The average molecular weight is 279 g/mol. The van der Waals surface area contributed by atoms with Gasteiger partial charge in [0.15, 0.2) is 11.5 Å². The quantitative estimate of drug-likeness (QED) is 0.866. The summed E-state index contributed by atoms with van der Waals surface area (Å²) < 4.78 is 5.05. The summed E-state index contributed by atoms with van der Waals surface area (Å²) in [7, 11) is 1.54. The summed E-state index contributed by atoms with van der Waals surface area (Å²) >= 11 is 0. The zero-order chi connectivity index (χ0) is 14.5. The number of methoxy groups -OCH3 is 1. The van der Waals surface area contributed by atoms with Gasteiger partial charge in [-0.15, -0.1) is 0 Å². The molecule has 20 heavy (non-hydrogen) atoms. The third-order valence-corrected chi connectivity index (χ3v) is 4.06. The van der Waals surface area contributed by atoms with Gasteiger partial charge in [-0.25, -0.2) is 0 Å². The molecular formula is C16H25NO3. The number of likely N-dealkylation sites (tertiary alicyclic amines) is 1. The SMILES string of the molecule is CCCN1CCC(O)C(Cc2ccc(OC)c(O)c2)C1. The van der Waals surface area contributed by atoms with Gasteiger partial charge in [-0.3, -0.25) is 0 Å². The van der Waals surface area contributed by atoms with Gasteiger partial charge in [0.2, 0.25) is 0 Å². The number of phenolic OH excluding ortho intramolecular Hbond substituents is 1. The minimum absolute atomic E-state index is 0.167. The number of hydrogen-bond donors (Lipinski definition) is 2. The number of piperidine rings is 1. The van der Waals surface area contributed by atoms with E-state index in [2.05, 4.69) is 11.8 Å². The van der Waals surface area contributed by atoms with Gasteiger partial charge < -0.3 is 19.8 Å². The Morgan fingerprint density at radius 1 is 1.40 bits per heavy atom. The number of rotatable bonds is 5. The molecule has 0 amide bonds. The van der Waals surface area contributed by atoms with Crippen LogP contribution in [0.4, 0.5) is 0 Å². The van der Waals surface area contributed by atoms with Crippen molar-refractivity contribution in [2.24, 2.45) is 5.92 Å². The Balaban J connectivity index is 2.02. The lowest BCUT2D eigenvalue weighted by Gasteiger charge is -2.36. The van der Waals surface area contributed by atoms with Crippen LogP contribution in [0.25, 0.3) is 0 Å². The largest absolute Gasteiger partial charge is 0.504 e. The smallest absolute Gasteiger partial charge is 0.160 e. The summed E-state index contributed by atoms with van der Waals surface area (Å²) in [5, 5.41) is 20.0. The van der Waals surface area contributed by atoms with E-state index in [9.17, 15) is 10.2 Å². The van der Waals surface area contributed by atoms with Crippen LogP contribution in [0.2, 0.25) is 0 Å². The second-order valence-electron chi connectivity index (χ2n) is 5.63. The molecular weight excluding hydrogens is 254 g/mol. The van der Waals surface area contributed by atoms with Crippen LogP contribution in [0.3, 0.4) is 0 Å². The van der Waals surface area contributed by atoms with Gasteiger partial charge in [-0.1, -0.05) is 13.0 Å². The number of ether oxygens (including phenoxy) is 1. The summed E-state index contributed by atoms with van der Waals surface area (Å²) in [4.78, 5) is 2.42. The molecule has 0 radical (unpaired) electrons. The van der Waals surface area contributed by atoms with E-state index in [1.165, 1.54) is 0 Å². The number of phenols is 1. The molecule has 1 saturated heterocycles. The molecule has 4 nitrogen and oxygen atoms in total. The lowest BCUT2D eigenvalue weighted by atomic mass is 9.88. The summed E-state index contributed by atoms with van der Waals surface area (Å²) in [5.41, 5.74) is 1.05. The van der Waals surface area contributed by atoms with E-state index in [4.69, 9.17) is 4.74 Å². The predicted octanol–water partition coefficient (Wildman–Crippen LogP) is 2.04. The molecule has 1 aliphatic rings. The third kappa shape index (κ3) is 3.64. The number of aliphatic hydroxyl groups excluding tert-OH is 1. The Hall–Kier alpha value is -1.26. The van der Waals surface area contributed by atoms with Crippen molar-refractivity contribution >= 4 is 0 Å². The van der Waals surface area contributed by atoms with Crippen LogP contribution in [0, 0.1) is 5.92 Å². The molecule has 0 saturated carbocycles. The molecule has 2 atom stereocenters. The van der Waals surface area contributed by atoms with Crippen molar-refractivity contribution in [2.75, 3.05) is 26.7 Å². The molecule has 4 heteroatoms. The molecule has 2 unspecified atom stereocenters. The zero-order valence-electron chi connectivity index (χ0n) is 12.4. The monoisotopic (exact) mass is 279 g/mol. The van der Waals surface area contributed by atoms with Crippen LogP contribution < -0.4 is 4.74 Å². The molecule has 2 N–H and O–H groups in total. The highest BCUT2D eigenvalue weighted by Gasteiger charge is 2.27. The van der Waals surface area contributed by atoms with Gasteiger partial charge in [-0.2, -0.15) is 0 Å². The maximum atomic E-state index is 10.2. The van der Waals surface area contributed by atoms with Gasteiger partial charge >= 0.3 is 0 Å². The topological polar surface area (TPSA) is 52.9 Å². The predicted molar refractivity (Wildman–Crippen MR) is 79.2 cm³/mol. The van der Waals surface area contributed by atoms with E-state index >= 15 is 0 Å². The highest BCUT2D eigenvalue weighted by molar-refractivity contribution is 5.41. The summed E-state index contributed by atoms with van der Waals surface area (Å²) in [6.07, 6.45) is 2.53. The fourth-order valence-electron chi connectivity index (χ4n) is 2.98. The number of nitrogens with zero attached hydrogens (tertiary/aromatic N) is 1. The lowest BCUT2D eigenvalue weighted by Crippen LogP contribution is -2.44. The Morgan fingerprint density at radius 3 is 2.85 bits per heavy atom. The second kappa shape index (κ2) is 6.95. The van der Waals surface area contributed by atoms with E-state index in [1.807, 2.05) is 6.07 Å². The first-order valence-corrected chi connectivity index (χ1v) is 7.40. The summed E-state index contributed by atoms with van der Waals surface area (Å²) in [5.74, 6) is 0.898. The average Bonchev–Trinajstić information content (AvgIpc) is 2.43. The maximum absolute atomic E-state index is 10.2. The van der Waals surface area contributed by atoms with Crippen LogP contribution in [0.15, 0.2) is 18.2 Å². The van der Waals surface area contributed by atoms with Crippen LogP contribution in [0.5, 0.6) is 11.5 Å². The van der Waals surface area contributed by atoms with Crippen molar-refractivity contribution in [1.82, 2.24) is 4.90 Å². The van der Waals surface area contributed by atoms with Crippen molar-refractivity contribution in [3.8, 4) is 11.5 Å². The molecule has 0 aromatic heterocycles. The van der Waals surface area contributed by atoms with Crippen molar-refractivity contribution in [1.29, 1.82) is 0 Å². The number of aromatic hydroxyl groups is 1. The van der Waals surface area contributed by atoms with E-state index in [-0.39, 0.29) is 17.8 Å². The van der Waals surface area contributed by atoms with Gasteiger partial charge in [0.25, 0.3) is 0 Å². The van der Waals surface area contributed by atoms with Crippen LogP contribution in [-0.2, 0) is 6.42 Å². The number of aliphatic hydroxyl groups is 1. The first-order valence-electron chi connectivity index (χ1n) is 7.40. The van der Waals surface area contributed by atoms with Gasteiger partial charge in [0.05, 0.1) is 13.2 Å². The fraction of sp³-hybridized carbons (Fsp3) is 0.625. The fourth-order valence-corrected chi connectivity index (χ4v) is 2.98. The van der Waals surface area contributed by atoms with Gasteiger partial charge in [0.1, 0.15) is 0 Å². The van der Waals surface area contributed by atoms with Crippen molar-refractivity contribution in [3.63, 3.8) is 0 Å². The van der Waals surface area contributed by atoms with Crippen LogP contribution in [-0.4, -0.2) is 48.0 Å². The molecule has 1 fully saturated rings. The minimum atomic E-state index is -0.243. The first kappa shape index (κ1) is 15.1. The highest BCUT2D eigenvalue weighted by atomic mass is 16.5. The molecule has 1 aromatic carbocycles. The van der Waals surface area contributed by atoms with Crippen molar-refractivity contribution in [2.45, 2.75) is 32.3 Å².